The van der Waals surface area contributed by atoms with E-state index in [1.165, 1.54) is 16.2 Å². The third-order valence-electron chi connectivity index (χ3n) is 3.59. The standard InChI is InChI=1S/C15H12INO3S/c16-12-7-10(8-21-12)14(18)17-6-5-9-3-1-2-4-11(9)13(17)15(19)20/h1-4,7-8,13H,5-6H2,(H,19,20). The number of carbonyl (C=O) groups is 2. The third-order valence-corrected chi connectivity index (χ3v) is 5.38. The minimum Gasteiger partial charge on any atom is -0.479 e. The Hall–Kier alpha value is -1.41. The number of nitrogens with zero attached hydrogens (tertiary/aromatic N) is 1. The fourth-order valence-electron chi connectivity index (χ4n) is 2.64. The van der Waals surface area contributed by atoms with Crippen LogP contribution in [0.5, 0.6) is 0 Å². The summed E-state index contributed by atoms with van der Waals surface area (Å²) >= 11 is 3.64. The third kappa shape index (κ3) is 2.69. The van der Waals surface area contributed by atoms with E-state index in [-0.39, 0.29) is 5.91 Å². The van der Waals surface area contributed by atoms with E-state index in [4.69, 9.17) is 0 Å². The molecule has 0 bridgehead atoms. The van der Waals surface area contributed by atoms with Gasteiger partial charge in [0.05, 0.1) is 8.45 Å². The highest BCUT2D eigenvalue weighted by Crippen LogP contribution is 2.31. The van der Waals surface area contributed by atoms with Crippen molar-refractivity contribution in [3.63, 3.8) is 0 Å². The van der Waals surface area contributed by atoms with Crippen LogP contribution in [0.3, 0.4) is 0 Å². The van der Waals surface area contributed by atoms with E-state index in [0.29, 0.717) is 18.5 Å². The van der Waals surface area contributed by atoms with E-state index in [9.17, 15) is 14.7 Å². The van der Waals surface area contributed by atoms with Crippen LogP contribution in [-0.4, -0.2) is 28.4 Å². The van der Waals surface area contributed by atoms with Gasteiger partial charge >= 0.3 is 5.97 Å². The van der Waals surface area contributed by atoms with Gasteiger partial charge in [-0.1, -0.05) is 24.3 Å². The minimum absolute atomic E-state index is 0.212. The average Bonchev–Trinajstić information content (AvgIpc) is 2.91. The van der Waals surface area contributed by atoms with Crippen molar-refractivity contribution in [3.8, 4) is 0 Å². The van der Waals surface area contributed by atoms with Crippen molar-refractivity contribution >= 4 is 45.8 Å². The molecule has 1 N–H and O–H groups in total. The van der Waals surface area contributed by atoms with Crippen LogP contribution in [0.2, 0.25) is 0 Å². The molecule has 2 aromatic rings. The maximum absolute atomic E-state index is 12.6. The number of hydrogen-bond donors (Lipinski definition) is 1. The van der Waals surface area contributed by atoms with E-state index in [0.717, 1.165) is 14.0 Å². The van der Waals surface area contributed by atoms with Gasteiger partial charge in [0.2, 0.25) is 0 Å². The fourth-order valence-corrected chi connectivity index (χ4v) is 3.96. The van der Waals surface area contributed by atoms with Crippen LogP contribution in [0.1, 0.15) is 27.5 Å². The number of benzene rings is 1. The van der Waals surface area contributed by atoms with E-state index in [1.807, 2.05) is 18.2 Å². The van der Waals surface area contributed by atoms with Gasteiger partial charge in [-0.2, -0.15) is 0 Å². The van der Waals surface area contributed by atoms with Crippen molar-refractivity contribution < 1.29 is 14.7 Å². The molecule has 0 spiro atoms. The summed E-state index contributed by atoms with van der Waals surface area (Å²) in [6.45, 7) is 0.430. The van der Waals surface area contributed by atoms with Gasteiger partial charge in [-0.25, -0.2) is 4.79 Å². The second-order valence-corrected chi connectivity index (χ2v) is 7.63. The second-order valence-electron chi connectivity index (χ2n) is 4.83. The van der Waals surface area contributed by atoms with Crippen molar-refractivity contribution in [2.75, 3.05) is 6.54 Å². The molecule has 0 aliphatic carbocycles. The number of fused-ring (bicyclic) bond motifs is 1. The molecule has 1 aliphatic heterocycles. The first kappa shape index (κ1) is 14.5. The molecule has 0 fully saturated rings. The Labute approximate surface area is 139 Å². The zero-order chi connectivity index (χ0) is 15.0. The number of aliphatic carboxylic acids is 1. The quantitative estimate of drug-likeness (QED) is 0.770. The predicted molar refractivity (Wildman–Crippen MR) is 88.6 cm³/mol. The van der Waals surface area contributed by atoms with Crippen molar-refractivity contribution in [2.45, 2.75) is 12.5 Å². The Balaban J connectivity index is 1.99. The first-order chi connectivity index (χ1) is 10.1. The fraction of sp³-hybridized carbons (Fsp3) is 0.200. The topological polar surface area (TPSA) is 57.6 Å². The number of carboxylic acid groups (broad SMARTS) is 1. The van der Waals surface area contributed by atoms with Gasteiger partial charge in [-0.05, 0) is 46.2 Å². The molecule has 1 aromatic heterocycles. The van der Waals surface area contributed by atoms with Gasteiger partial charge in [0, 0.05) is 11.9 Å². The molecule has 1 aliphatic rings. The molecular formula is C15H12INO3S. The van der Waals surface area contributed by atoms with Crippen molar-refractivity contribution in [2.24, 2.45) is 0 Å². The summed E-state index contributed by atoms with van der Waals surface area (Å²) in [5, 5.41) is 11.3. The van der Waals surface area contributed by atoms with Gasteiger partial charge in [-0.15, -0.1) is 11.3 Å². The highest BCUT2D eigenvalue weighted by Gasteiger charge is 2.36. The summed E-state index contributed by atoms with van der Waals surface area (Å²) in [6, 6.07) is 8.34. The second kappa shape index (κ2) is 5.76. The largest absolute Gasteiger partial charge is 0.479 e. The normalized spacial score (nSPS) is 17.4. The van der Waals surface area contributed by atoms with Gasteiger partial charge in [-0.3, -0.25) is 4.79 Å². The predicted octanol–water partition coefficient (Wildman–Crippen LogP) is 3.18. The van der Waals surface area contributed by atoms with Gasteiger partial charge < -0.3 is 10.0 Å². The maximum Gasteiger partial charge on any atom is 0.331 e. The van der Waals surface area contributed by atoms with Crippen LogP contribution in [0.25, 0.3) is 0 Å². The summed E-state index contributed by atoms with van der Waals surface area (Å²) in [5.74, 6) is -1.20. The molecule has 1 amide bonds. The molecule has 2 heterocycles. The van der Waals surface area contributed by atoms with Crippen LogP contribution < -0.4 is 0 Å². The van der Waals surface area contributed by atoms with Crippen LogP contribution in [0.4, 0.5) is 0 Å². The van der Waals surface area contributed by atoms with Crippen molar-refractivity contribution in [1.29, 1.82) is 0 Å². The first-order valence-corrected chi connectivity index (χ1v) is 8.39. The van der Waals surface area contributed by atoms with E-state index in [1.54, 1.807) is 17.5 Å². The number of hydrogen-bond acceptors (Lipinski definition) is 3. The zero-order valence-corrected chi connectivity index (χ0v) is 13.9. The van der Waals surface area contributed by atoms with Gasteiger partial charge in [0.15, 0.2) is 6.04 Å². The van der Waals surface area contributed by atoms with E-state index >= 15 is 0 Å². The summed E-state index contributed by atoms with van der Waals surface area (Å²) in [4.78, 5) is 25.7. The molecule has 0 saturated heterocycles. The monoisotopic (exact) mass is 413 g/mol. The Bertz CT molecular complexity index is 712. The molecule has 3 rings (SSSR count). The summed E-state index contributed by atoms with van der Waals surface area (Å²) in [5.41, 5.74) is 2.29. The van der Waals surface area contributed by atoms with Crippen LogP contribution in [-0.2, 0) is 11.2 Å². The van der Waals surface area contributed by atoms with Crippen LogP contribution >= 0.6 is 33.9 Å². The van der Waals surface area contributed by atoms with E-state index in [2.05, 4.69) is 22.6 Å². The molecule has 1 aromatic carbocycles. The van der Waals surface area contributed by atoms with E-state index < -0.39 is 12.0 Å². The molecule has 108 valence electrons. The lowest BCUT2D eigenvalue weighted by atomic mass is 9.92. The zero-order valence-electron chi connectivity index (χ0n) is 11.0. The minimum atomic E-state index is -0.986. The van der Waals surface area contributed by atoms with Gasteiger partial charge in [0.1, 0.15) is 0 Å². The molecule has 21 heavy (non-hydrogen) atoms. The summed E-state index contributed by atoms with van der Waals surface area (Å²) in [6.07, 6.45) is 0.687. The maximum atomic E-state index is 12.6. The number of rotatable bonds is 2. The Kier molecular flexibility index (Phi) is 3.99. The van der Waals surface area contributed by atoms with Crippen molar-refractivity contribution in [1.82, 2.24) is 4.90 Å². The summed E-state index contributed by atoms with van der Waals surface area (Å²) < 4.78 is 1.01. The molecule has 1 unspecified atom stereocenters. The number of amides is 1. The lowest BCUT2D eigenvalue weighted by Crippen LogP contribution is -2.43. The van der Waals surface area contributed by atoms with Crippen molar-refractivity contribution in [3.05, 3.63) is 55.3 Å². The number of carbonyl (C=O) groups excluding carboxylic acids is 1. The SMILES string of the molecule is O=C(O)C1c2ccccc2CCN1C(=O)c1csc(I)c1. The Morgan fingerprint density at radius 2 is 2.10 bits per heavy atom. The Morgan fingerprint density at radius 1 is 1.33 bits per heavy atom. The lowest BCUT2D eigenvalue weighted by molar-refractivity contribution is -0.143. The smallest absolute Gasteiger partial charge is 0.331 e. The molecule has 0 radical (unpaired) electrons. The van der Waals surface area contributed by atoms with Crippen LogP contribution in [0, 0.1) is 2.88 Å². The molecule has 6 heteroatoms. The molecule has 4 nitrogen and oxygen atoms in total. The highest BCUT2D eigenvalue weighted by molar-refractivity contribution is 14.1. The Morgan fingerprint density at radius 3 is 2.76 bits per heavy atom. The number of halogens is 1. The van der Waals surface area contributed by atoms with Crippen LogP contribution in [0.15, 0.2) is 35.7 Å². The number of thiophene rings is 1. The summed E-state index contributed by atoms with van der Waals surface area (Å²) in [7, 11) is 0. The lowest BCUT2D eigenvalue weighted by Gasteiger charge is -2.34. The molecular weight excluding hydrogens is 401 g/mol. The highest BCUT2D eigenvalue weighted by atomic mass is 127. The molecule has 1 atom stereocenters. The average molecular weight is 413 g/mol. The number of carboxylic acids is 1. The molecule has 0 saturated carbocycles. The first-order valence-electron chi connectivity index (χ1n) is 6.43. The van der Waals surface area contributed by atoms with Gasteiger partial charge in [0.25, 0.3) is 5.91 Å².